The number of alkyl halides is 2. The van der Waals surface area contributed by atoms with Crippen molar-refractivity contribution < 1.29 is 29.6 Å². The van der Waals surface area contributed by atoms with Crippen LogP contribution >= 0.6 is 23.2 Å². The second kappa shape index (κ2) is 11.4. The molecule has 0 rings (SSSR count). The maximum absolute atomic E-state index is 5.30. The Morgan fingerprint density at radius 3 is 1.62 bits per heavy atom. The van der Waals surface area contributed by atoms with E-state index in [9.17, 15) is 0 Å². The van der Waals surface area contributed by atoms with E-state index in [2.05, 4.69) is 5.32 Å². The Balaban J connectivity index is 0. The summed E-state index contributed by atoms with van der Waals surface area (Å²) in [4.78, 5) is 0. The summed E-state index contributed by atoms with van der Waals surface area (Å²) in [6, 6.07) is 0. The van der Waals surface area contributed by atoms with Crippen LogP contribution in [0.4, 0.5) is 0 Å². The predicted molar refractivity (Wildman–Crippen MR) is 34.5 cm³/mol. The van der Waals surface area contributed by atoms with Gasteiger partial charge in [0.25, 0.3) is 0 Å². The Morgan fingerprint density at radius 1 is 1.00 bits per heavy atom. The molecule has 0 aromatic carbocycles. The number of rotatable bonds is 4. The first-order valence-electron chi connectivity index (χ1n) is 2.17. The molecule has 0 unspecified atom stereocenters. The molecule has 0 aliphatic rings. The quantitative estimate of drug-likeness (QED) is 0.283. The Hall–Kier alpha value is 1.54. The topological polar surface area (TPSA) is 14.1 Å². The van der Waals surface area contributed by atoms with E-state index in [0.29, 0.717) is 11.8 Å². The van der Waals surface area contributed by atoms with Crippen LogP contribution in [-0.2, 0) is 0 Å². The van der Waals surface area contributed by atoms with Crippen LogP contribution in [0, 0.1) is 0 Å². The maximum Gasteiger partial charge on any atom is 1.00 e. The molecule has 0 aliphatic carbocycles. The van der Waals surface area contributed by atoms with Crippen molar-refractivity contribution in [2.24, 2.45) is 0 Å². The Morgan fingerprint density at radius 2 is 1.38 bits per heavy atom. The Bertz CT molecular complexity index is 33.2. The van der Waals surface area contributed by atoms with E-state index in [-0.39, 0.29) is 29.6 Å². The van der Waals surface area contributed by atoms with E-state index < -0.39 is 0 Å². The second-order valence-corrected chi connectivity index (χ2v) is 1.80. The molecule has 0 aromatic rings. The van der Waals surface area contributed by atoms with Crippen LogP contribution in [-0.4, -0.2) is 24.8 Å². The van der Waals surface area contributed by atoms with Gasteiger partial charge in [-0.05, 0) is 0 Å². The first-order valence-corrected chi connectivity index (χ1v) is 3.24. The van der Waals surface area contributed by atoms with E-state index >= 15 is 0 Å². The minimum Gasteiger partial charge on any atom is -0.660 e. The van der Waals surface area contributed by atoms with Crippen LogP contribution < -0.4 is 29.6 Å². The summed E-state index contributed by atoms with van der Waals surface area (Å²) in [5.74, 6) is 1.22. The van der Waals surface area contributed by atoms with Crippen molar-refractivity contribution in [1.29, 1.82) is 0 Å². The first kappa shape index (κ1) is 12.2. The first-order chi connectivity index (χ1) is 3.41. The molecule has 0 aliphatic heterocycles. The molecule has 0 aromatic heterocycles. The molecule has 0 atom stereocenters. The number of hydrogen-bond acceptors (Lipinski definition) is 0. The fraction of sp³-hybridized carbons (Fsp3) is 1.00. The van der Waals surface area contributed by atoms with Gasteiger partial charge in [-0.15, -0.1) is 36.3 Å². The van der Waals surface area contributed by atoms with Crippen molar-refractivity contribution >= 4 is 23.2 Å². The fourth-order valence-corrected chi connectivity index (χ4v) is 0.470. The van der Waals surface area contributed by atoms with Crippen LogP contribution in [0.1, 0.15) is 0 Å². The van der Waals surface area contributed by atoms with Gasteiger partial charge in [0.15, 0.2) is 0 Å². The van der Waals surface area contributed by atoms with Crippen LogP contribution in [0.25, 0.3) is 5.32 Å². The molecule has 0 radical (unpaired) electrons. The van der Waals surface area contributed by atoms with Crippen molar-refractivity contribution in [2.75, 3.05) is 24.8 Å². The minimum atomic E-state index is 0. The van der Waals surface area contributed by atoms with Crippen molar-refractivity contribution in [1.82, 2.24) is 0 Å². The van der Waals surface area contributed by atoms with E-state index in [1.807, 2.05) is 0 Å². The van der Waals surface area contributed by atoms with Gasteiger partial charge in [-0.25, -0.2) is 0 Å². The third-order valence-electron chi connectivity index (χ3n) is 0.485. The zero-order chi connectivity index (χ0) is 5.54. The van der Waals surface area contributed by atoms with Gasteiger partial charge in [-0.3, -0.25) is 0 Å². The molecule has 8 heavy (non-hydrogen) atoms. The molecule has 44 valence electrons. The normalized spacial score (nSPS) is 8.25. The van der Waals surface area contributed by atoms with Gasteiger partial charge in [-0.2, -0.15) is 0 Å². The molecule has 0 bridgehead atoms. The van der Waals surface area contributed by atoms with E-state index in [1.165, 1.54) is 0 Å². The van der Waals surface area contributed by atoms with Gasteiger partial charge in [0.05, 0.1) is 0 Å². The SMILES string of the molecule is ClCC[N-]CCCl.[Na+]. The average molecular weight is 164 g/mol. The molecule has 0 N–H and O–H groups in total. The molecular weight excluding hydrogens is 156 g/mol. The average Bonchev–Trinajstić information content (AvgIpc) is 1.69. The fourth-order valence-electron chi connectivity index (χ4n) is 0.231. The van der Waals surface area contributed by atoms with Gasteiger partial charge >= 0.3 is 29.6 Å². The van der Waals surface area contributed by atoms with Crippen molar-refractivity contribution in [2.45, 2.75) is 0 Å². The van der Waals surface area contributed by atoms with Crippen LogP contribution in [0.15, 0.2) is 0 Å². The van der Waals surface area contributed by atoms with Crippen LogP contribution in [0.2, 0.25) is 0 Å². The molecule has 4 heteroatoms. The summed E-state index contributed by atoms with van der Waals surface area (Å²) < 4.78 is 0. The van der Waals surface area contributed by atoms with Gasteiger partial charge < -0.3 is 5.32 Å². The van der Waals surface area contributed by atoms with Gasteiger partial charge in [0.1, 0.15) is 0 Å². The van der Waals surface area contributed by atoms with Crippen molar-refractivity contribution in [3.05, 3.63) is 5.32 Å². The maximum atomic E-state index is 5.30. The summed E-state index contributed by atoms with van der Waals surface area (Å²) in [6.07, 6.45) is 0. The van der Waals surface area contributed by atoms with E-state index in [1.54, 1.807) is 0 Å². The van der Waals surface area contributed by atoms with Crippen LogP contribution in [0.5, 0.6) is 0 Å². The third-order valence-corrected chi connectivity index (χ3v) is 0.823. The van der Waals surface area contributed by atoms with E-state index in [4.69, 9.17) is 23.2 Å². The second-order valence-electron chi connectivity index (χ2n) is 1.05. The zero-order valence-corrected chi connectivity index (χ0v) is 8.54. The molecule has 0 amide bonds. The summed E-state index contributed by atoms with van der Waals surface area (Å²) >= 11 is 10.6. The Kier molecular flexibility index (Phi) is 17.4. The van der Waals surface area contributed by atoms with Crippen molar-refractivity contribution in [3.63, 3.8) is 0 Å². The van der Waals surface area contributed by atoms with Crippen molar-refractivity contribution in [3.8, 4) is 0 Å². The molecular formula is C4H8Cl2NNa. The molecule has 0 spiro atoms. The smallest absolute Gasteiger partial charge is 0.660 e. The molecule has 0 fully saturated rings. The standard InChI is InChI=1S/C4H8Cl2N.Na/c5-1-3-7-4-2-6;/h1-4H2;/q-1;+1. The summed E-state index contributed by atoms with van der Waals surface area (Å²) in [7, 11) is 0. The summed E-state index contributed by atoms with van der Waals surface area (Å²) in [5, 5.41) is 3.94. The predicted octanol–water partition coefficient (Wildman–Crippen LogP) is -1.16. The number of nitrogens with zero attached hydrogens (tertiary/aromatic N) is 1. The largest absolute Gasteiger partial charge is 1.00 e. The summed E-state index contributed by atoms with van der Waals surface area (Å²) in [5.41, 5.74) is 0. The number of hydrogen-bond donors (Lipinski definition) is 0. The van der Waals surface area contributed by atoms with Gasteiger partial charge in [0, 0.05) is 11.8 Å². The monoisotopic (exact) mass is 163 g/mol. The molecule has 0 saturated heterocycles. The minimum absolute atomic E-state index is 0. The van der Waals surface area contributed by atoms with Gasteiger partial charge in [0.2, 0.25) is 0 Å². The number of halogens is 2. The zero-order valence-electron chi connectivity index (χ0n) is 5.03. The Labute approximate surface area is 82.4 Å². The van der Waals surface area contributed by atoms with Gasteiger partial charge in [-0.1, -0.05) is 0 Å². The summed E-state index contributed by atoms with van der Waals surface area (Å²) in [6.45, 7) is 1.46. The molecule has 0 heterocycles. The molecule has 1 nitrogen and oxygen atoms in total. The third kappa shape index (κ3) is 10.5. The van der Waals surface area contributed by atoms with Crippen LogP contribution in [0.3, 0.4) is 0 Å². The van der Waals surface area contributed by atoms with E-state index in [0.717, 1.165) is 13.1 Å². The molecule has 0 saturated carbocycles.